The molecule has 1 aliphatic heterocycles. The van der Waals surface area contributed by atoms with E-state index in [1.807, 2.05) is 26.2 Å². The van der Waals surface area contributed by atoms with E-state index in [0.717, 1.165) is 37.5 Å². The van der Waals surface area contributed by atoms with Crippen molar-refractivity contribution in [1.82, 2.24) is 15.5 Å². The number of hydrogen-bond acceptors (Lipinski definition) is 3. The quantitative estimate of drug-likeness (QED) is 0.633. The van der Waals surface area contributed by atoms with Gasteiger partial charge >= 0.3 is 0 Å². The third-order valence-corrected chi connectivity index (χ3v) is 4.78. The van der Waals surface area contributed by atoms with Gasteiger partial charge in [0.1, 0.15) is 5.82 Å². The molecule has 0 amide bonds. The molecule has 2 rings (SSSR count). The van der Waals surface area contributed by atoms with Crippen LogP contribution in [-0.2, 0) is 6.54 Å². The van der Waals surface area contributed by atoms with Gasteiger partial charge in [-0.3, -0.25) is 4.99 Å². The van der Waals surface area contributed by atoms with E-state index >= 15 is 0 Å². The van der Waals surface area contributed by atoms with Crippen molar-refractivity contribution in [3.8, 4) is 0 Å². The van der Waals surface area contributed by atoms with Crippen molar-refractivity contribution in [3.05, 3.63) is 29.6 Å². The van der Waals surface area contributed by atoms with Gasteiger partial charge in [-0.05, 0) is 44.4 Å². The van der Waals surface area contributed by atoms with Gasteiger partial charge in [-0.1, -0.05) is 6.07 Å². The van der Waals surface area contributed by atoms with Gasteiger partial charge in [0.25, 0.3) is 0 Å². The monoisotopic (exact) mass is 349 g/mol. The van der Waals surface area contributed by atoms with Gasteiger partial charge in [0.15, 0.2) is 5.96 Å². The Bertz CT molecular complexity index is 577. The fraction of sp³-hybridized carbons (Fsp3) is 0.632. The molecule has 1 fully saturated rings. The SMILES string of the molecule is CN=C(NCc1ccc(N(C)C)c(F)c1)NC1CCN(C(C)C)CC1. The maximum Gasteiger partial charge on any atom is 0.191 e. The van der Waals surface area contributed by atoms with Crippen molar-refractivity contribution in [2.24, 2.45) is 4.99 Å². The number of nitrogens with one attached hydrogen (secondary N) is 2. The van der Waals surface area contributed by atoms with Crippen LogP contribution >= 0.6 is 0 Å². The molecular formula is C19H32FN5. The van der Waals surface area contributed by atoms with E-state index in [1.165, 1.54) is 0 Å². The molecule has 0 aromatic heterocycles. The average molecular weight is 349 g/mol. The molecule has 0 unspecified atom stereocenters. The van der Waals surface area contributed by atoms with Crippen LogP contribution in [0.3, 0.4) is 0 Å². The molecule has 25 heavy (non-hydrogen) atoms. The van der Waals surface area contributed by atoms with Crippen molar-refractivity contribution in [2.75, 3.05) is 39.1 Å². The van der Waals surface area contributed by atoms with Crippen LogP contribution < -0.4 is 15.5 Å². The maximum absolute atomic E-state index is 14.1. The maximum atomic E-state index is 14.1. The second-order valence-corrected chi connectivity index (χ2v) is 7.15. The van der Waals surface area contributed by atoms with Crippen molar-refractivity contribution in [3.63, 3.8) is 0 Å². The minimum atomic E-state index is -0.201. The van der Waals surface area contributed by atoms with Gasteiger partial charge < -0.3 is 20.4 Å². The summed E-state index contributed by atoms with van der Waals surface area (Å²) >= 11 is 0. The van der Waals surface area contributed by atoms with Gasteiger partial charge in [-0.15, -0.1) is 0 Å². The molecule has 0 spiro atoms. The van der Waals surface area contributed by atoms with Crippen LogP contribution in [0.5, 0.6) is 0 Å². The summed E-state index contributed by atoms with van der Waals surface area (Å²) < 4.78 is 14.1. The summed E-state index contributed by atoms with van der Waals surface area (Å²) in [6, 6.07) is 6.38. The number of guanidine groups is 1. The van der Waals surface area contributed by atoms with Crippen LogP contribution in [0.15, 0.2) is 23.2 Å². The molecule has 0 atom stereocenters. The molecule has 0 bridgehead atoms. The van der Waals surface area contributed by atoms with Crippen molar-refractivity contribution in [1.29, 1.82) is 0 Å². The molecule has 2 N–H and O–H groups in total. The predicted octanol–water partition coefficient (Wildman–Crippen LogP) is 2.43. The van der Waals surface area contributed by atoms with Crippen molar-refractivity contribution < 1.29 is 4.39 Å². The third kappa shape index (κ3) is 5.59. The topological polar surface area (TPSA) is 42.9 Å². The zero-order chi connectivity index (χ0) is 18.4. The lowest BCUT2D eigenvalue weighted by Crippen LogP contribution is -2.49. The fourth-order valence-electron chi connectivity index (χ4n) is 3.16. The van der Waals surface area contributed by atoms with E-state index in [1.54, 1.807) is 18.0 Å². The smallest absolute Gasteiger partial charge is 0.191 e. The minimum absolute atomic E-state index is 0.201. The second kappa shape index (κ2) is 9.04. The predicted molar refractivity (Wildman–Crippen MR) is 104 cm³/mol. The summed E-state index contributed by atoms with van der Waals surface area (Å²) in [6.07, 6.45) is 2.23. The summed E-state index contributed by atoms with van der Waals surface area (Å²) in [7, 11) is 5.45. The molecule has 6 heteroatoms. The first-order valence-corrected chi connectivity index (χ1v) is 9.07. The van der Waals surface area contributed by atoms with E-state index in [-0.39, 0.29) is 5.82 Å². The van der Waals surface area contributed by atoms with Crippen LogP contribution in [0.1, 0.15) is 32.3 Å². The molecule has 0 saturated carbocycles. The number of rotatable bonds is 5. The molecular weight excluding hydrogens is 317 g/mol. The van der Waals surface area contributed by atoms with E-state index in [9.17, 15) is 4.39 Å². The average Bonchev–Trinajstić information content (AvgIpc) is 2.58. The van der Waals surface area contributed by atoms with Crippen LogP contribution in [0.25, 0.3) is 0 Å². The number of hydrogen-bond donors (Lipinski definition) is 2. The molecule has 5 nitrogen and oxygen atoms in total. The Balaban J connectivity index is 1.84. The lowest BCUT2D eigenvalue weighted by molar-refractivity contribution is 0.167. The lowest BCUT2D eigenvalue weighted by atomic mass is 10.0. The molecule has 1 aliphatic rings. The highest BCUT2D eigenvalue weighted by atomic mass is 19.1. The Kier molecular flexibility index (Phi) is 7.05. The first kappa shape index (κ1) is 19.5. The van der Waals surface area contributed by atoms with Crippen LogP contribution in [-0.4, -0.2) is 57.2 Å². The zero-order valence-corrected chi connectivity index (χ0v) is 16.1. The Labute approximate surface area is 151 Å². The van der Waals surface area contributed by atoms with Gasteiger partial charge in [0.2, 0.25) is 0 Å². The summed E-state index contributed by atoms with van der Waals surface area (Å²) in [6.45, 7) is 7.27. The van der Waals surface area contributed by atoms with Gasteiger partial charge in [0, 0.05) is 52.9 Å². The van der Waals surface area contributed by atoms with Crippen LogP contribution in [0.2, 0.25) is 0 Å². The summed E-state index contributed by atoms with van der Waals surface area (Å²) in [5.74, 6) is 0.577. The summed E-state index contributed by atoms with van der Waals surface area (Å²) in [5.41, 5.74) is 1.50. The van der Waals surface area contributed by atoms with E-state index in [4.69, 9.17) is 0 Å². The Hall–Kier alpha value is -1.82. The number of anilines is 1. The standard InChI is InChI=1S/C19H32FN5/c1-14(2)25-10-8-16(9-11-25)23-19(21-3)22-13-15-6-7-18(24(4)5)17(20)12-15/h6-7,12,14,16H,8-11,13H2,1-5H3,(H2,21,22,23). The van der Waals surface area contributed by atoms with E-state index in [2.05, 4.69) is 34.4 Å². The zero-order valence-electron chi connectivity index (χ0n) is 16.1. The largest absolute Gasteiger partial charge is 0.375 e. The first-order chi connectivity index (χ1) is 11.9. The lowest BCUT2D eigenvalue weighted by Gasteiger charge is -2.35. The third-order valence-electron chi connectivity index (χ3n) is 4.78. The van der Waals surface area contributed by atoms with Gasteiger partial charge in [-0.25, -0.2) is 4.39 Å². The molecule has 0 aliphatic carbocycles. The van der Waals surface area contributed by atoms with Gasteiger partial charge in [0.05, 0.1) is 5.69 Å². The van der Waals surface area contributed by atoms with Gasteiger partial charge in [-0.2, -0.15) is 0 Å². The number of halogens is 1. The number of likely N-dealkylation sites (tertiary alicyclic amines) is 1. The molecule has 1 aromatic carbocycles. The molecule has 0 radical (unpaired) electrons. The minimum Gasteiger partial charge on any atom is -0.375 e. The number of piperidine rings is 1. The molecule has 1 heterocycles. The summed E-state index contributed by atoms with van der Waals surface area (Å²) in [5, 5.41) is 6.78. The van der Waals surface area contributed by atoms with E-state index < -0.39 is 0 Å². The molecule has 1 saturated heterocycles. The van der Waals surface area contributed by atoms with Crippen molar-refractivity contribution in [2.45, 2.75) is 45.3 Å². The first-order valence-electron chi connectivity index (χ1n) is 9.07. The number of benzene rings is 1. The van der Waals surface area contributed by atoms with Crippen LogP contribution in [0.4, 0.5) is 10.1 Å². The normalized spacial score (nSPS) is 17.0. The highest BCUT2D eigenvalue weighted by molar-refractivity contribution is 5.80. The van der Waals surface area contributed by atoms with E-state index in [0.29, 0.717) is 24.3 Å². The molecule has 140 valence electrons. The number of aliphatic imine (C=N–C) groups is 1. The molecule has 1 aromatic rings. The summed E-state index contributed by atoms with van der Waals surface area (Å²) in [4.78, 5) is 8.58. The highest BCUT2D eigenvalue weighted by Gasteiger charge is 2.21. The number of nitrogens with zero attached hydrogens (tertiary/aromatic N) is 3. The highest BCUT2D eigenvalue weighted by Crippen LogP contribution is 2.18. The van der Waals surface area contributed by atoms with Crippen LogP contribution in [0, 0.1) is 5.82 Å². The second-order valence-electron chi connectivity index (χ2n) is 7.15. The van der Waals surface area contributed by atoms with Crippen molar-refractivity contribution >= 4 is 11.6 Å². The fourth-order valence-corrected chi connectivity index (χ4v) is 3.16. The Morgan fingerprint density at radius 1 is 1.32 bits per heavy atom. The Morgan fingerprint density at radius 3 is 2.52 bits per heavy atom. The Morgan fingerprint density at radius 2 is 2.00 bits per heavy atom.